The fourth-order valence-corrected chi connectivity index (χ4v) is 2.43. The minimum absolute atomic E-state index is 0.0555. The van der Waals surface area contributed by atoms with E-state index in [0.29, 0.717) is 0 Å². The molecule has 0 spiro atoms. The van der Waals surface area contributed by atoms with E-state index < -0.39 is 11.7 Å². The molecule has 4 nitrogen and oxygen atoms in total. The summed E-state index contributed by atoms with van der Waals surface area (Å²) in [7, 11) is 0. The second kappa shape index (κ2) is 6.21. The number of carbonyl (C=O) groups excluding carboxylic acids is 2. The van der Waals surface area contributed by atoms with Gasteiger partial charge in [0.1, 0.15) is 11.4 Å². The molecule has 0 aromatic heterocycles. The maximum atomic E-state index is 11.8. The fraction of sp³-hybridized carbons (Fsp3) is 0.857. The fourth-order valence-electron chi connectivity index (χ4n) is 2.43. The van der Waals surface area contributed by atoms with E-state index in [0.717, 1.165) is 32.1 Å². The van der Waals surface area contributed by atoms with Gasteiger partial charge in [0.15, 0.2) is 0 Å². The van der Waals surface area contributed by atoms with Crippen LogP contribution in [0.3, 0.4) is 0 Å². The molecule has 1 aliphatic carbocycles. The van der Waals surface area contributed by atoms with Gasteiger partial charge in [0.05, 0.1) is 0 Å². The zero-order valence-corrected chi connectivity index (χ0v) is 11.9. The first-order chi connectivity index (χ1) is 8.29. The van der Waals surface area contributed by atoms with Crippen LogP contribution >= 0.6 is 0 Å². The third-order valence-electron chi connectivity index (χ3n) is 3.24. The van der Waals surface area contributed by atoms with Gasteiger partial charge >= 0.3 is 6.09 Å². The van der Waals surface area contributed by atoms with Crippen LogP contribution in [0.2, 0.25) is 0 Å². The Labute approximate surface area is 109 Å². The molecule has 104 valence electrons. The number of carbonyl (C=O) groups is 2. The van der Waals surface area contributed by atoms with Crippen molar-refractivity contribution in [3.05, 3.63) is 0 Å². The molecular formula is C14H25NO3. The predicted octanol–water partition coefficient (Wildman–Crippen LogP) is 3.05. The molecule has 0 saturated heterocycles. The molecule has 4 heteroatoms. The average molecular weight is 255 g/mol. The first-order valence-electron chi connectivity index (χ1n) is 6.79. The SMILES string of the molecule is CC(=O)[C@@H]1CCCCC[C@@H]1NC(=O)OC(C)(C)C. The number of rotatable bonds is 2. The van der Waals surface area contributed by atoms with Crippen LogP contribution in [-0.2, 0) is 9.53 Å². The third-order valence-corrected chi connectivity index (χ3v) is 3.24. The van der Waals surface area contributed by atoms with Crippen LogP contribution in [0.4, 0.5) is 4.79 Å². The Hall–Kier alpha value is -1.06. The highest BCUT2D eigenvalue weighted by molar-refractivity contribution is 5.80. The van der Waals surface area contributed by atoms with Crippen molar-refractivity contribution >= 4 is 11.9 Å². The van der Waals surface area contributed by atoms with E-state index in [9.17, 15) is 9.59 Å². The molecular weight excluding hydrogens is 230 g/mol. The molecule has 1 amide bonds. The van der Waals surface area contributed by atoms with Gasteiger partial charge in [-0.2, -0.15) is 0 Å². The Morgan fingerprint density at radius 1 is 1.11 bits per heavy atom. The summed E-state index contributed by atoms with van der Waals surface area (Å²) in [4.78, 5) is 23.4. The third kappa shape index (κ3) is 5.07. The van der Waals surface area contributed by atoms with Crippen LogP contribution in [0.1, 0.15) is 59.8 Å². The lowest BCUT2D eigenvalue weighted by Gasteiger charge is -2.26. The van der Waals surface area contributed by atoms with Gasteiger partial charge in [0, 0.05) is 12.0 Å². The van der Waals surface area contributed by atoms with Gasteiger partial charge in [-0.25, -0.2) is 4.79 Å². The lowest BCUT2D eigenvalue weighted by molar-refractivity contribution is -0.121. The smallest absolute Gasteiger partial charge is 0.407 e. The molecule has 0 unspecified atom stereocenters. The molecule has 1 rings (SSSR count). The number of Topliss-reactive ketones (excluding diaryl/α,β-unsaturated/α-hetero) is 1. The van der Waals surface area contributed by atoms with Crippen LogP contribution < -0.4 is 5.32 Å². The van der Waals surface area contributed by atoms with Crippen molar-refractivity contribution < 1.29 is 14.3 Å². The van der Waals surface area contributed by atoms with Crippen LogP contribution in [0.5, 0.6) is 0 Å². The quantitative estimate of drug-likeness (QED) is 0.772. The highest BCUT2D eigenvalue weighted by Gasteiger charge is 2.29. The van der Waals surface area contributed by atoms with E-state index in [1.54, 1.807) is 6.92 Å². The van der Waals surface area contributed by atoms with Crippen molar-refractivity contribution in [2.75, 3.05) is 0 Å². The average Bonchev–Trinajstić information content (AvgIpc) is 2.39. The van der Waals surface area contributed by atoms with Crippen LogP contribution in [0.15, 0.2) is 0 Å². The van der Waals surface area contributed by atoms with Gasteiger partial charge in [0.25, 0.3) is 0 Å². The molecule has 0 aromatic carbocycles. The molecule has 0 radical (unpaired) electrons. The van der Waals surface area contributed by atoms with E-state index in [2.05, 4.69) is 5.32 Å². The summed E-state index contributed by atoms with van der Waals surface area (Å²) in [5.41, 5.74) is -0.499. The summed E-state index contributed by atoms with van der Waals surface area (Å²) in [6.07, 6.45) is 4.58. The van der Waals surface area contributed by atoms with Gasteiger partial charge in [-0.15, -0.1) is 0 Å². The number of alkyl carbamates (subject to hydrolysis) is 1. The van der Waals surface area contributed by atoms with Crippen molar-refractivity contribution in [3.8, 4) is 0 Å². The summed E-state index contributed by atoms with van der Waals surface area (Å²) < 4.78 is 5.25. The van der Waals surface area contributed by atoms with Gasteiger partial charge in [-0.3, -0.25) is 4.79 Å². The number of ether oxygens (including phenoxy) is 1. The molecule has 1 fully saturated rings. The van der Waals surface area contributed by atoms with E-state index in [1.165, 1.54) is 0 Å². The van der Waals surface area contributed by atoms with Crippen LogP contribution in [0.25, 0.3) is 0 Å². The highest BCUT2D eigenvalue weighted by Crippen LogP contribution is 2.24. The number of nitrogens with one attached hydrogen (secondary N) is 1. The molecule has 1 aliphatic rings. The molecule has 1 saturated carbocycles. The summed E-state index contributed by atoms with van der Waals surface area (Å²) in [5.74, 6) is 0.109. The standard InChI is InChI=1S/C14H25NO3/c1-10(16)11-8-6-5-7-9-12(11)15-13(17)18-14(2,3)4/h11-12H,5-9H2,1-4H3,(H,15,17)/t11-,12-/m0/s1. The summed E-state index contributed by atoms with van der Waals surface area (Å²) in [6, 6.07) is -0.0696. The van der Waals surface area contributed by atoms with Gasteiger partial charge < -0.3 is 10.1 Å². The lowest BCUT2D eigenvalue weighted by Crippen LogP contribution is -2.44. The van der Waals surface area contributed by atoms with Crippen molar-refractivity contribution in [2.24, 2.45) is 5.92 Å². The minimum Gasteiger partial charge on any atom is -0.444 e. The Bertz CT molecular complexity index is 307. The zero-order chi connectivity index (χ0) is 13.8. The van der Waals surface area contributed by atoms with E-state index in [-0.39, 0.29) is 17.7 Å². The molecule has 0 heterocycles. The van der Waals surface area contributed by atoms with Gasteiger partial charge in [-0.1, -0.05) is 19.3 Å². The Kier molecular flexibility index (Phi) is 5.17. The van der Waals surface area contributed by atoms with Crippen molar-refractivity contribution in [1.29, 1.82) is 0 Å². The normalized spacial score (nSPS) is 25.1. The minimum atomic E-state index is -0.499. The Balaban J connectivity index is 2.60. The summed E-state index contributed by atoms with van der Waals surface area (Å²) in [6.45, 7) is 7.12. The number of hydrogen-bond acceptors (Lipinski definition) is 3. The predicted molar refractivity (Wildman–Crippen MR) is 70.4 cm³/mol. The molecule has 1 N–H and O–H groups in total. The second-order valence-electron chi connectivity index (χ2n) is 6.11. The van der Waals surface area contributed by atoms with Crippen molar-refractivity contribution in [2.45, 2.75) is 71.4 Å². The highest BCUT2D eigenvalue weighted by atomic mass is 16.6. The Morgan fingerprint density at radius 3 is 2.28 bits per heavy atom. The molecule has 2 atom stereocenters. The molecule has 0 aliphatic heterocycles. The van der Waals surface area contributed by atoms with E-state index in [4.69, 9.17) is 4.74 Å². The lowest BCUT2D eigenvalue weighted by atomic mass is 9.91. The summed E-state index contributed by atoms with van der Waals surface area (Å²) >= 11 is 0. The number of amides is 1. The second-order valence-corrected chi connectivity index (χ2v) is 6.11. The first kappa shape index (κ1) is 15.0. The summed E-state index contributed by atoms with van der Waals surface area (Å²) in [5, 5.41) is 2.86. The molecule has 0 aromatic rings. The first-order valence-corrected chi connectivity index (χ1v) is 6.79. The molecule has 0 bridgehead atoms. The number of ketones is 1. The zero-order valence-electron chi connectivity index (χ0n) is 11.9. The largest absolute Gasteiger partial charge is 0.444 e. The maximum absolute atomic E-state index is 11.8. The van der Waals surface area contributed by atoms with Gasteiger partial charge in [0.2, 0.25) is 0 Å². The van der Waals surface area contributed by atoms with Crippen LogP contribution in [0, 0.1) is 5.92 Å². The monoisotopic (exact) mass is 255 g/mol. The number of hydrogen-bond donors (Lipinski definition) is 1. The van der Waals surface area contributed by atoms with Crippen LogP contribution in [-0.4, -0.2) is 23.5 Å². The topological polar surface area (TPSA) is 55.4 Å². The van der Waals surface area contributed by atoms with Crippen molar-refractivity contribution in [1.82, 2.24) is 5.32 Å². The van der Waals surface area contributed by atoms with E-state index in [1.807, 2.05) is 20.8 Å². The molecule has 18 heavy (non-hydrogen) atoms. The van der Waals surface area contributed by atoms with Gasteiger partial charge in [-0.05, 0) is 40.5 Å². The van der Waals surface area contributed by atoms with E-state index >= 15 is 0 Å². The Morgan fingerprint density at radius 2 is 1.72 bits per heavy atom. The van der Waals surface area contributed by atoms with Crippen molar-refractivity contribution in [3.63, 3.8) is 0 Å². The maximum Gasteiger partial charge on any atom is 0.407 e.